The molecule has 27 heavy (non-hydrogen) atoms. The summed E-state index contributed by atoms with van der Waals surface area (Å²) in [5.74, 6) is -0.340. The number of nitrogens with one attached hydrogen (secondary N) is 1. The van der Waals surface area contributed by atoms with Gasteiger partial charge in [0.2, 0.25) is 0 Å². The smallest absolute Gasteiger partial charge is 0.272 e. The second-order valence-corrected chi connectivity index (χ2v) is 7.36. The van der Waals surface area contributed by atoms with E-state index in [1.165, 1.54) is 23.5 Å². The van der Waals surface area contributed by atoms with Crippen molar-refractivity contribution in [1.82, 2.24) is 25.1 Å². The molecule has 0 fully saturated rings. The summed E-state index contributed by atoms with van der Waals surface area (Å²) in [5, 5.41) is 8.14. The second kappa shape index (κ2) is 8.10. The number of rotatable bonds is 5. The van der Waals surface area contributed by atoms with Crippen LogP contribution in [-0.4, -0.2) is 31.9 Å². The van der Waals surface area contributed by atoms with E-state index in [9.17, 15) is 4.79 Å². The number of nitrogens with zero attached hydrogens (tertiary/aromatic N) is 4. The molecule has 2 heterocycles. The number of hydrogen-bond acceptors (Lipinski definition) is 5. The van der Waals surface area contributed by atoms with Gasteiger partial charge in [-0.05, 0) is 39.2 Å². The highest BCUT2D eigenvalue weighted by atomic mass is 35.5. The number of thioether (sulfide) groups is 1. The van der Waals surface area contributed by atoms with Crippen LogP contribution in [0.5, 0.6) is 0 Å². The maximum absolute atomic E-state index is 12.6. The summed E-state index contributed by atoms with van der Waals surface area (Å²) < 4.78 is 1.86. The van der Waals surface area contributed by atoms with Crippen LogP contribution >= 0.6 is 23.4 Å². The number of carbonyl (C=O) groups is 1. The Kier molecular flexibility index (Phi) is 5.82. The largest absolute Gasteiger partial charge is 0.344 e. The summed E-state index contributed by atoms with van der Waals surface area (Å²) in [6.45, 7) is 5.93. The first-order valence-corrected chi connectivity index (χ1v) is 10.00. The molecule has 0 aliphatic rings. The van der Waals surface area contributed by atoms with Gasteiger partial charge >= 0.3 is 0 Å². The Morgan fingerprint density at radius 2 is 1.93 bits per heavy atom. The van der Waals surface area contributed by atoms with Crippen molar-refractivity contribution in [3.63, 3.8) is 0 Å². The quantitative estimate of drug-likeness (QED) is 0.513. The fraction of sp³-hybridized carbons (Fsp3) is 0.263. The molecule has 1 N–H and O–H groups in total. The van der Waals surface area contributed by atoms with Gasteiger partial charge in [0, 0.05) is 11.3 Å². The lowest BCUT2D eigenvalue weighted by Gasteiger charge is -2.14. The van der Waals surface area contributed by atoms with Gasteiger partial charge in [-0.2, -0.15) is 5.10 Å². The highest BCUT2D eigenvalue weighted by Crippen LogP contribution is 2.22. The average molecular weight is 402 g/mol. The van der Waals surface area contributed by atoms with Gasteiger partial charge in [0.15, 0.2) is 10.9 Å². The molecule has 0 unspecified atom stereocenters. The van der Waals surface area contributed by atoms with E-state index in [2.05, 4.69) is 20.4 Å². The molecule has 8 heteroatoms. The zero-order valence-corrected chi connectivity index (χ0v) is 17.1. The highest BCUT2D eigenvalue weighted by molar-refractivity contribution is 7.98. The minimum atomic E-state index is -0.340. The molecule has 0 radical (unpaired) electrons. The van der Waals surface area contributed by atoms with E-state index >= 15 is 0 Å². The Labute approximate surface area is 167 Å². The van der Waals surface area contributed by atoms with E-state index < -0.39 is 0 Å². The Bertz CT molecular complexity index is 971. The minimum Gasteiger partial charge on any atom is -0.344 e. The molecule has 2 aromatic heterocycles. The van der Waals surface area contributed by atoms with Crippen molar-refractivity contribution in [3.8, 4) is 5.69 Å². The van der Waals surface area contributed by atoms with Crippen LogP contribution in [0, 0.1) is 13.8 Å². The topological polar surface area (TPSA) is 72.7 Å². The Hall–Kier alpha value is -2.38. The summed E-state index contributed by atoms with van der Waals surface area (Å²) in [4.78, 5) is 20.9. The summed E-state index contributed by atoms with van der Waals surface area (Å²) in [6.07, 6.45) is 5.06. The van der Waals surface area contributed by atoms with Crippen LogP contribution in [0.15, 0.2) is 41.8 Å². The predicted octanol–water partition coefficient (Wildman–Crippen LogP) is 4.15. The molecule has 1 atom stereocenters. The van der Waals surface area contributed by atoms with Gasteiger partial charge in [-0.1, -0.05) is 41.1 Å². The van der Waals surface area contributed by atoms with Gasteiger partial charge in [0.25, 0.3) is 5.91 Å². The SMILES string of the molecule is CSc1ncc(Cl)c(C(=O)N[C@H](C)c2cnn(-c3ccc(C)cc3)c2C)n1. The third-order valence-corrected chi connectivity index (χ3v) is 5.10. The monoisotopic (exact) mass is 401 g/mol. The van der Waals surface area contributed by atoms with Crippen LogP contribution < -0.4 is 5.32 Å². The molecule has 0 saturated carbocycles. The van der Waals surface area contributed by atoms with E-state index in [4.69, 9.17) is 11.6 Å². The second-order valence-electron chi connectivity index (χ2n) is 6.18. The van der Waals surface area contributed by atoms with Gasteiger partial charge in [0.1, 0.15) is 0 Å². The van der Waals surface area contributed by atoms with Crippen molar-refractivity contribution in [2.75, 3.05) is 6.26 Å². The lowest BCUT2D eigenvalue weighted by atomic mass is 10.1. The minimum absolute atomic E-state index is 0.173. The van der Waals surface area contributed by atoms with Crippen LogP contribution in [0.4, 0.5) is 0 Å². The molecule has 140 valence electrons. The van der Waals surface area contributed by atoms with Crippen LogP contribution in [0.1, 0.15) is 40.3 Å². The number of carbonyl (C=O) groups excluding carboxylic acids is 1. The molecule has 3 rings (SSSR count). The molecule has 3 aromatic rings. The first-order chi connectivity index (χ1) is 12.9. The molecular weight excluding hydrogens is 382 g/mol. The Balaban J connectivity index is 1.82. The number of benzene rings is 1. The maximum atomic E-state index is 12.6. The summed E-state index contributed by atoms with van der Waals surface area (Å²) in [6, 6.07) is 7.88. The molecule has 0 bridgehead atoms. The fourth-order valence-corrected chi connectivity index (χ4v) is 3.26. The Morgan fingerprint density at radius 3 is 2.59 bits per heavy atom. The van der Waals surface area contributed by atoms with Crippen molar-refractivity contribution >= 4 is 29.3 Å². The first kappa shape index (κ1) is 19.4. The van der Waals surface area contributed by atoms with Crippen molar-refractivity contribution in [1.29, 1.82) is 0 Å². The molecule has 0 saturated heterocycles. The summed E-state index contributed by atoms with van der Waals surface area (Å²) >= 11 is 7.45. The normalized spacial score (nSPS) is 12.0. The zero-order valence-electron chi connectivity index (χ0n) is 15.5. The number of hydrogen-bond donors (Lipinski definition) is 1. The average Bonchev–Trinajstić information content (AvgIpc) is 3.04. The van der Waals surface area contributed by atoms with Crippen molar-refractivity contribution in [3.05, 3.63) is 64.2 Å². The molecule has 0 aliphatic heterocycles. The molecule has 1 amide bonds. The summed E-state index contributed by atoms with van der Waals surface area (Å²) in [5.41, 5.74) is 4.23. The maximum Gasteiger partial charge on any atom is 0.272 e. The van der Waals surface area contributed by atoms with Crippen LogP contribution in [0.2, 0.25) is 5.02 Å². The van der Waals surface area contributed by atoms with E-state index in [1.807, 2.05) is 56.0 Å². The van der Waals surface area contributed by atoms with Gasteiger partial charge in [0.05, 0.1) is 29.1 Å². The van der Waals surface area contributed by atoms with Crippen molar-refractivity contribution < 1.29 is 4.79 Å². The number of halogens is 1. The van der Waals surface area contributed by atoms with Crippen LogP contribution in [0.25, 0.3) is 5.69 Å². The van der Waals surface area contributed by atoms with E-state index in [0.717, 1.165) is 16.9 Å². The standard InChI is InChI=1S/C19H20ClN5OS/c1-11-5-7-14(8-6-11)25-13(3)15(9-22-25)12(2)23-18(26)17-16(20)10-21-19(24-17)27-4/h5-10,12H,1-4H3,(H,23,26)/t12-/m1/s1. The van der Waals surface area contributed by atoms with Gasteiger partial charge < -0.3 is 5.32 Å². The van der Waals surface area contributed by atoms with E-state index in [1.54, 1.807) is 6.20 Å². The van der Waals surface area contributed by atoms with E-state index in [0.29, 0.717) is 5.16 Å². The molecular formula is C19H20ClN5OS. The van der Waals surface area contributed by atoms with Crippen LogP contribution in [-0.2, 0) is 0 Å². The third-order valence-electron chi connectivity index (χ3n) is 4.26. The Morgan fingerprint density at radius 1 is 1.22 bits per heavy atom. The fourth-order valence-electron chi connectivity index (χ4n) is 2.74. The van der Waals surface area contributed by atoms with Gasteiger partial charge in [-0.25, -0.2) is 14.6 Å². The van der Waals surface area contributed by atoms with Crippen LogP contribution in [0.3, 0.4) is 0 Å². The number of aryl methyl sites for hydroxylation is 1. The van der Waals surface area contributed by atoms with Crippen molar-refractivity contribution in [2.24, 2.45) is 0 Å². The van der Waals surface area contributed by atoms with Gasteiger partial charge in [-0.15, -0.1) is 0 Å². The molecule has 6 nitrogen and oxygen atoms in total. The molecule has 0 spiro atoms. The van der Waals surface area contributed by atoms with E-state index in [-0.39, 0.29) is 22.7 Å². The van der Waals surface area contributed by atoms with Crippen molar-refractivity contribution in [2.45, 2.75) is 32.0 Å². The molecule has 1 aromatic carbocycles. The zero-order chi connectivity index (χ0) is 19.6. The van der Waals surface area contributed by atoms with Gasteiger partial charge in [-0.3, -0.25) is 4.79 Å². The predicted molar refractivity (Wildman–Crippen MR) is 108 cm³/mol. The lowest BCUT2D eigenvalue weighted by molar-refractivity contribution is 0.0934. The lowest BCUT2D eigenvalue weighted by Crippen LogP contribution is -2.28. The summed E-state index contributed by atoms with van der Waals surface area (Å²) in [7, 11) is 0. The third kappa shape index (κ3) is 4.14. The first-order valence-electron chi connectivity index (χ1n) is 8.39. The number of amides is 1. The molecule has 0 aliphatic carbocycles. The number of aromatic nitrogens is 4. The highest BCUT2D eigenvalue weighted by Gasteiger charge is 2.20.